The lowest BCUT2D eigenvalue weighted by Gasteiger charge is -2.24. The molecule has 2 aromatic rings. The fourth-order valence-electron chi connectivity index (χ4n) is 2.78. The number of hydrogen-bond donors (Lipinski definition) is 3. The van der Waals surface area contributed by atoms with Crippen molar-refractivity contribution in [2.75, 3.05) is 16.0 Å². The summed E-state index contributed by atoms with van der Waals surface area (Å²) in [6.45, 7) is 13.2. The molecule has 0 spiro atoms. The summed E-state index contributed by atoms with van der Waals surface area (Å²) in [5, 5.41) is 8.86. The van der Waals surface area contributed by atoms with Crippen LogP contribution in [0.1, 0.15) is 52.7 Å². The van der Waals surface area contributed by atoms with E-state index in [0.29, 0.717) is 17.9 Å². The summed E-state index contributed by atoms with van der Waals surface area (Å²) in [5.41, 5.74) is 2.27. The van der Waals surface area contributed by atoms with Crippen molar-refractivity contribution in [3.05, 3.63) is 53.6 Å². The van der Waals surface area contributed by atoms with Crippen molar-refractivity contribution in [2.24, 2.45) is 0 Å². The van der Waals surface area contributed by atoms with Crippen LogP contribution < -0.4 is 16.0 Å². The Morgan fingerprint density at radius 3 is 1.84 bits per heavy atom. The van der Waals surface area contributed by atoms with Crippen LogP contribution in [-0.4, -0.2) is 23.4 Å². The van der Waals surface area contributed by atoms with E-state index in [1.165, 1.54) is 0 Å². The van der Waals surface area contributed by atoms with Gasteiger partial charge in [-0.25, -0.2) is 9.59 Å². The fourth-order valence-corrected chi connectivity index (χ4v) is 2.78. The number of rotatable bonds is 5. The summed E-state index contributed by atoms with van der Waals surface area (Å²) >= 11 is 0. The molecule has 2 amide bonds. The minimum absolute atomic E-state index is 0.419. The summed E-state index contributed by atoms with van der Waals surface area (Å²) in [6.07, 6.45) is -1.22. The highest BCUT2D eigenvalue weighted by Crippen LogP contribution is 2.33. The Bertz CT molecular complexity index is 913. The minimum atomic E-state index is -0.653. The van der Waals surface area contributed by atoms with Gasteiger partial charge in [0.15, 0.2) is 0 Å². The van der Waals surface area contributed by atoms with E-state index < -0.39 is 23.4 Å². The van der Waals surface area contributed by atoms with Gasteiger partial charge in [0, 0.05) is 12.2 Å². The predicted octanol–water partition coefficient (Wildman–Crippen LogP) is 6.30. The van der Waals surface area contributed by atoms with Crippen LogP contribution in [0.15, 0.2) is 42.5 Å². The third-order valence-corrected chi connectivity index (χ3v) is 4.05. The molecule has 7 nitrogen and oxygen atoms in total. The number of anilines is 3. The largest absolute Gasteiger partial charge is 0.444 e. The van der Waals surface area contributed by atoms with E-state index in [1.54, 1.807) is 47.6 Å². The molecular formula is C24H33N3O4. The van der Waals surface area contributed by atoms with Crippen LogP contribution in [0.2, 0.25) is 0 Å². The summed E-state index contributed by atoms with van der Waals surface area (Å²) in [4.78, 5) is 24.7. The molecule has 0 fully saturated rings. The third-order valence-electron chi connectivity index (χ3n) is 4.05. The molecular weight excluding hydrogens is 394 g/mol. The van der Waals surface area contributed by atoms with Crippen molar-refractivity contribution in [3.8, 4) is 0 Å². The van der Waals surface area contributed by atoms with Gasteiger partial charge in [-0.15, -0.1) is 0 Å². The van der Waals surface area contributed by atoms with E-state index >= 15 is 0 Å². The van der Waals surface area contributed by atoms with E-state index in [9.17, 15) is 9.59 Å². The zero-order valence-corrected chi connectivity index (χ0v) is 19.4. The maximum absolute atomic E-state index is 12.4. The Labute approximate surface area is 184 Å². The van der Waals surface area contributed by atoms with Gasteiger partial charge in [-0.2, -0.15) is 0 Å². The third kappa shape index (κ3) is 8.20. The second-order valence-electron chi connectivity index (χ2n) is 9.25. The number of hydrogen-bond acceptors (Lipinski definition) is 5. The number of amides is 2. The molecule has 2 rings (SSSR count). The highest BCUT2D eigenvalue weighted by Gasteiger charge is 2.22. The number of carbonyl (C=O) groups excluding carboxylic acids is 2. The van der Waals surface area contributed by atoms with Crippen molar-refractivity contribution < 1.29 is 19.1 Å². The van der Waals surface area contributed by atoms with Crippen molar-refractivity contribution in [2.45, 2.75) is 66.2 Å². The van der Waals surface area contributed by atoms with Gasteiger partial charge in [-0.1, -0.05) is 30.3 Å². The van der Waals surface area contributed by atoms with Gasteiger partial charge in [0.05, 0.1) is 11.4 Å². The molecule has 7 heteroatoms. The molecule has 168 valence electrons. The molecule has 0 aliphatic rings. The Hall–Kier alpha value is -3.22. The van der Waals surface area contributed by atoms with Gasteiger partial charge < -0.3 is 14.8 Å². The molecule has 31 heavy (non-hydrogen) atoms. The van der Waals surface area contributed by atoms with Gasteiger partial charge in [-0.05, 0) is 71.7 Å². The Balaban J connectivity index is 2.29. The average molecular weight is 428 g/mol. The van der Waals surface area contributed by atoms with Gasteiger partial charge in [0.25, 0.3) is 0 Å². The fraction of sp³-hybridized carbons (Fsp3) is 0.417. The molecule has 0 aliphatic heterocycles. The summed E-state index contributed by atoms with van der Waals surface area (Å²) < 4.78 is 10.7. The van der Waals surface area contributed by atoms with Crippen LogP contribution in [0.3, 0.4) is 0 Å². The number of benzene rings is 2. The molecule has 0 radical (unpaired) electrons. The zero-order chi connectivity index (χ0) is 23.2. The van der Waals surface area contributed by atoms with Gasteiger partial charge in [-0.3, -0.25) is 10.6 Å². The lowest BCUT2D eigenvalue weighted by molar-refractivity contribution is 0.0620. The second kappa shape index (κ2) is 9.73. The van der Waals surface area contributed by atoms with Gasteiger partial charge >= 0.3 is 12.2 Å². The van der Waals surface area contributed by atoms with Crippen LogP contribution in [0, 0.1) is 6.92 Å². The van der Waals surface area contributed by atoms with E-state index in [4.69, 9.17) is 9.47 Å². The first-order valence-electron chi connectivity index (χ1n) is 10.3. The first-order chi connectivity index (χ1) is 14.3. The summed E-state index contributed by atoms with van der Waals surface area (Å²) in [6, 6.07) is 13.6. The first-order valence-corrected chi connectivity index (χ1v) is 10.3. The van der Waals surface area contributed by atoms with Crippen molar-refractivity contribution in [3.63, 3.8) is 0 Å². The Morgan fingerprint density at radius 1 is 0.774 bits per heavy atom. The van der Waals surface area contributed by atoms with Crippen molar-refractivity contribution in [1.29, 1.82) is 0 Å². The maximum Gasteiger partial charge on any atom is 0.412 e. The van der Waals surface area contributed by atoms with E-state index in [0.717, 1.165) is 16.8 Å². The van der Waals surface area contributed by atoms with Crippen molar-refractivity contribution >= 4 is 29.2 Å². The lowest BCUT2D eigenvalue weighted by Crippen LogP contribution is -2.29. The molecule has 0 aromatic heterocycles. The predicted molar refractivity (Wildman–Crippen MR) is 125 cm³/mol. The quantitative estimate of drug-likeness (QED) is 0.521. The van der Waals surface area contributed by atoms with Crippen LogP contribution in [0.5, 0.6) is 0 Å². The van der Waals surface area contributed by atoms with Crippen LogP contribution in [0.25, 0.3) is 0 Å². The molecule has 0 atom stereocenters. The van der Waals surface area contributed by atoms with Gasteiger partial charge in [0.2, 0.25) is 0 Å². The Morgan fingerprint density at radius 2 is 1.29 bits per heavy atom. The first kappa shape index (κ1) is 24.1. The second-order valence-corrected chi connectivity index (χ2v) is 9.25. The number of ether oxygens (including phenoxy) is 2. The molecule has 0 unspecified atom stereocenters. The van der Waals surface area contributed by atoms with Crippen molar-refractivity contribution in [1.82, 2.24) is 0 Å². The molecule has 0 aliphatic carbocycles. The molecule has 0 saturated carbocycles. The molecule has 0 bridgehead atoms. The highest BCUT2D eigenvalue weighted by atomic mass is 16.6. The number of carbonyl (C=O) groups is 2. The molecule has 2 aromatic carbocycles. The topological polar surface area (TPSA) is 88.7 Å². The average Bonchev–Trinajstić information content (AvgIpc) is 2.62. The van der Waals surface area contributed by atoms with E-state index in [1.807, 2.05) is 43.3 Å². The monoisotopic (exact) mass is 427 g/mol. The molecule has 0 saturated heterocycles. The molecule has 0 heterocycles. The summed E-state index contributed by atoms with van der Waals surface area (Å²) in [5.74, 6) is 0. The normalized spacial score (nSPS) is 11.5. The van der Waals surface area contributed by atoms with Crippen LogP contribution in [-0.2, 0) is 16.0 Å². The smallest absolute Gasteiger partial charge is 0.412 e. The minimum Gasteiger partial charge on any atom is -0.444 e. The standard InChI is InChI=1S/C24H33N3O4/c1-16-18(25-15-17-11-9-8-10-12-17)13-14-19(26-21(28)30-23(2,3)4)20(16)27-22(29)31-24(5,6)7/h8-14,25H,15H2,1-7H3,(H,26,28)(H,27,29). The zero-order valence-electron chi connectivity index (χ0n) is 19.4. The SMILES string of the molecule is Cc1c(NCc2ccccc2)ccc(NC(=O)OC(C)(C)C)c1NC(=O)OC(C)(C)C. The van der Waals surface area contributed by atoms with Crippen LogP contribution >= 0.6 is 0 Å². The number of nitrogens with one attached hydrogen (secondary N) is 3. The van der Waals surface area contributed by atoms with Gasteiger partial charge in [0.1, 0.15) is 11.2 Å². The lowest BCUT2D eigenvalue weighted by atomic mass is 10.1. The highest BCUT2D eigenvalue weighted by molar-refractivity contribution is 5.98. The molecule has 3 N–H and O–H groups in total. The van der Waals surface area contributed by atoms with E-state index in [2.05, 4.69) is 16.0 Å². The maximum atomic E-state index is 12.4. The van der Waals surface area contributed by atoms with Crippen LogP contribution in [0.4, 0.5) is 26.7 Å². The van der Waals surface area contributed by atoms with E-state index in [-0.39, 0.29) is 0 Å². The Kier molecular flexibility index (Phi) is 7.55. The summed E-state index contributed by atoms with van der Waals surface area (Å²) in [7, 11) is 0.